The number of phosphoric acid groups is 1. The molecule has 0 radical (unpaired) electrons. The molecule has 3 N–H and O–H groups in total. The Morgan fingerprint density at radius 3 is 1.47 bits per heavy atom. The van der Waals surface area contributed by atoms with Crippen LogP contribution in [0.4, 0.5) is 0 Å². The van der Waals surface area contributed by atoms with Gasteiger partial charge in [0.05, 0.1) is 19.8 Å². The lowest BCUT2D eigenvalue weighted by atomic mass is 10.1. The molecule has 0 fully saturated rings. The zero-order valence-electron chi connectivity index (χ0n) is 36.7. The van der Waals surface area contributed by atoms with Crippen LogP contribution < -0.4 is 5.73 Å². The third kappa shape index (κ3) is 44.5. The zero-order chi connectivity index (χ0) is 42.3. The van der Waals surface area contributed by atoms with Crippen molar-refractivity contribution in [2.24, 2.45) is 5.73 Å². The monoisotopic (exact) mass is 830 g/mol. The van der Waals surface area contributed by atoms with Crippen molar-refractivity contribution in [3.63, 3.8) is 0 Å². The standard InChI is InChI=1S/C49H84NO7P/c1-3-5-7-9-11-13-15-17-18-19-20-21-22-23-24-25-26-27-28-29-31-33-35-37-39-41-44-54-46-48(47-56-58(52,53)55-45-43-50)57-49(51)42-40-38-36-34-32-30-16-14-12-10-8-6-4-2/h5,7,11,13-14,16-18,20-21,23-24,26-27,29,31,48H,3-4,6,8-10,12,15,19,22,25,28,30,32-47,50H2,1-2H3,(H,52,53)/b7-5-,13-11-,16-14-,18-17-,21-20-,24-23-,27-26-,31-29-. The first kappa shape index (κ1) is 55.4. The summed E-state index contributed by atoms with van der Waals surface area (Å²) in [5.41, 5.74) is 5.37. The summed E-state index contributed by atoms with van der Waals surface area (Å²) in [4.78, 5) is 22.5. The molecule has 9 heteroatoms. The van der Waals surface area contributed by atoms with Gasteiger partial charge in [-0.15, -0.1) is 0 Å². The molecule has 332 valence electrons. The Balaban J connectivity index is 4.08. The highest BCUT2D eigenvalue weighted by Gasteiger charge is 2.25. The first-order chi connectivity index (χ1) is 28.4. The molecule has 0 amide bonds. The maximum atomic E-state index is 12.6. The van der Waals surface area contributed by atoms with Crippen molar-refractivity contribution < 1.29 is 32.8 Å². The van der Waals surface area contributed by atoms with Crippen molar-refractivity contribution in [1.29, 1.82) is 0 Å². The van der Waals surface area contributed by atoms with Crippen molar-refractivity contribution in [2.75, 3.05) is 33.0 Å². The van der Waals surface area contributed by atoms with E-state index in [1.54, 1.807) is 0 Å². The molecule has 8 nitrogen and oxygen atoms in total. The predicted molar refractivity (Wildman–Crippen MR) is 247 cm³/mol. The Hall–Kier alpha value is -2.58. The van der Waals surface area contributed by atoms with E-state index >= 15 is 0 Å². The summed E-state index contributed by atoms with van der Waals surface area (Å²) in [6.07, 6.45) is 60.0. The molecule has 0 aliphatic carbocycles. The summed E-state index contributed by atoms with van der Waals surface area (Å²) in [6.45, 7) is 4.69. The molecule has 0 spiro atoms. The van der Waals surface area contributed by atoms with Crippen LogP contribution in [0.2, 0.25) is 0 Å². The Bertz CT molecular complexity index is 1200. The number of phosphoric ester groups is 1. The molecule has 0 aromatic carbocycles. The van der Waals surface area contributed by atoms with Gasteiger partial charge in [0.1, 0.15) is 6.10 Å². The molecule has 2 atom stereocenters. The molecule has 0 aliphatic heterocycles. The molecule has 0 aliphatic rings. The van der Waals surface area contributed by atoms with Gasteiger partial charge in [-0.25, -0.2) is 4.57 Å². The van der Waals surface area contributed by atoms with Crippen LogP contribution in [-0.2, 0) is 27.9 Å². The third-order valence-corrected chi connectivity index (χ3v) is 9.97. The second kappa shape index (κ2) is 45.5. The second-order valence-corrected chi connectivity index (χ2v) is 16.0. The fourth-order valence-electron chi connectivity index (χ4n) is 5.68. The molecule has 0 aromatic rings. The van der Waals surface area contributed by atoms with Gasteiger partial charge in [-0.1, -0.05) is 162 Å². The van der Waals surface area contributed by atoms with Crippen LogP contribution in [-0.4, -0.2) is 49.9 Å². The zero-order valence-corrected chi connectivity index (χ0v) is 37.6. The molecule has 0 bridgehead atoms. The SMILES string of the molecule is CC/C=C\C/C=C\C/C=C\C/C=C\C/C=C\C/C=C\C/C=C\CCCCCCOCC(COP(=O)(O)OCCN)OC(=O)CCCCCCC/C=C\CCCCCC. The minimum atomic E-state index is -4.29. The molecule has 0 saturated heterocycles. The van der Waals surface area contributed by atoms with E-state index in [0.717, 1.165) is 109 Å². The summed E-state index contributed by atoms with van der Waals surface area (Å²) >= 11 is 0. The fourth-order valence-corrected chi connectivity index (χ4v) is 6.44. The van der Waals surface area contributed by atoms with Crippen molar-refractivity contribution in [3.8, 4) is 0 Å². The van der Waals surface area contributed by atoms with Gasteiger partial charge in [0.2, 0.25) is 0 Å². The number of unbranched alkanes of at least 4 members (excludes halogenated alkanes) is 13. The number of allylic oxidation sites excluding steroid dienone is 16. The van der Waals surface area contributed by atoms with Crippen LogP contribution in [0.1, 0.15) is 168 Å². The molecule has 2 unspecified atom stereocenters. The van der Waals surface area contributed by atoms with Crippen LogP contribution >= 0.6 is 7.82 Å². The molecule has 0 aromatic heterocycles. The van der Waals surface area contributed by atoms with E-state index in [4.69, 9.17) is 24.3 Å². The Kier molecular flexibility index (Phi) is 43.5. The highest BCUT2D eigenvalue weighted by molar-refractivity contribution is 7.47. The van der Waals surface area contributed by atoms with Crippen LogP contribution in [0.15, 0.2) is 97.2 Å². The van der Waals surface area contributed by atoms with Crippen molar-refractivity contribution in [1.82, 2.24) is 0 Å². The number of esters is 1. The van der Waals surface area contributed by atoms with Gasteiger partial charge in [-0.2, -0.15) is 0 Å². The van der Waals surface area contributed by atoms with E-state index < -0.39 is 13.9 Å². The van der Waals surface area contributed by atoms with Gasteiger partial charge in [0, 0.05) is 19.6 Å². The normalized spacial score (nSPS) is 14.3. The summed E-state index contributed by atoms with van der Waals surface area (Å²) in [5.74, 6) is -0.354. The maximum absolute atomic E-state index is 12.6. The number of ether oxygens (including phenoxy) is 2. The Morgan fingerprint density at radius 1 is 0.534 bits per heavy atom. The highest BCUT2D eigenvalue weighted by Crippen LogP contribution is 2.43. The summed E-state index contributed by atoms with van der Waals surface area (Å²) < 4.78 is 33.4. The quantitative estimate of drug-likeness (QED) is 0.0270. The van der Waals surface area contributed by atoms with Crippen LogP contribution in [0, 0.1) is 0 Å². The van der Waals surface area contributed by atoms with Crippen molar-refractivity contribution >= 4 is 13.8 Å². The van der Waals surface area contributed by atoms with Crippen LogP contribution in [0.3, 0.4) is 0 Å². The first-order valence-corrected chi connectivity index (χ1v) is 24.2. The average Bonchev–Trinajstić information content (AvgIpc) is 3.21. The summed E-state index contributed by atoms with van der Waals surface area (Å²) in [7, 11) is -4.29. The summed E-state index contributed by atoms with van der Waals surface area (Å²) in [5, 5.41) is 0. The second-order valence-electron chi connectivity index (χ2n) is 14.5. The van der Waals surface area contributed by atoms with E-state index in [1.165, 1.54) is 38.5 Å². The first-order valence-electron chi connectivity index (χ1n) is 22.7. The topological polar surface area (TPSA) is 117 Å². The molecular formula is C49H84NO7P. The van der Waals surface area contributed by atoms with Crippen LogP contribution in [0.25, 0.3) is 0 Å². The average molecular weight is 830 g/mol. The van der Waals surface area contributed by atoms with E-state index in [9.17, 15) is 14.3 Å². The smallest absolute Gasteiger partial charge is 0.457 e. The van der Waals surface area contributed by atoms with E-state index in [1.807, 2.05) is 0 Å². The molecule has 0 heterocycles. The molecule has 0 rings (SSSR count). The number of hydrogen-bond acceptors (Lipinski definition) is 7. The molecular weight excluding hydrogens is 746 g/mol. The maximum Gasteiger partial charge on any atom is 0.472 e. The van der Waals surface area contributed by atoms with Gasteiger partial charge in [-0.05, 0) is 96.3 Å². The lowest BCUT2D eigenvalue weighted by molar-refractivity contribution is -0.154. The van der Waals surface area contributed by atoms with Crippen LogP contribution in [0.5, 0.6) is 0 Å². The van der Waals surface area contributed by atoms with E-state index in [-0.39, 0.29) is 32.3 Å². The Labute approximate surface area is 355 Å². The number of carbonyl (C=O) groups is 1. The Morgan fingerprint density at radius 2 is 0.966 bits per heavy atom. The minimum Gasteiger partial charge on any atom is -0.457 e. The van der Waals surface area contributed by atoms with Crippen molar-refractivity contribution in [2.45, 2.75) is 174 Å². The minimum absolute atomic E-state index is 0.0892. The molecule has 58 heavy (non-hydrogen) atoms. The number of carbonyl (C=O) groups excluding carboxylic acids is 1. The third-order valence-electron chi connectivity index (χ3n) is 8.99. The number of hydrogen-bond donors (Lipinski definition) is 2. The van der Waals surface area contributed by atoms with Gasteiger partial charge < -0.3 is 20.1 Å². The highest BCUT2D eigenvalue weighted by atomic mass is 31.2. The lowest BCUT2D eigenvalue weighted by Gasteiger charge is -2.20. The number of rotatable bonds is 42. The van der Waals surface area contributed by atoms with Crippen molar-refractivity contribution in [3.05, 3.63) is 97.2 Å². The predicted octanol–water partition coefficient (Wildman–Crippen LogP) is 13.9. The fraction of sp³-hybridized carbons (Fsp3) is 0.653. The largest absolute Gasteiger partial charge is 0.472 e. The van der Waals surface area contributed by atoms with E-state index in [2.05, 4.69) is 111 Å². The van der Waals surface area contributed by atoms with Gasteiger partial charge >= 0.3 is 13.8 Å². The summed E-state index contributed by atoms with van der Waals surface area (Å²) in [6, 6.07) is 0. The van der Waals surface area contributed by atoms with E-state index in [0.29, 0.717) is 13.0 Å². The molecule has 0 saturated carbocycles. The van der Waals surface area contributed by atoms with Gasteiger partial charge in [0.25, 0.3) is 0 Å². The van der Waals surface area contributed by atoms with Gasteiger partial charge in [-0.3, -0.25) is 13.8 Å². The lowest BCUT2D eigenvalue weighted by Crippen LogP contribution is -2.28. The number of nitrogens with two attached hydrogens (primary N) is 1. The van der Waals surface area contributed by atoms with Gasteiger partial charge in [0.15, 0.2) is 0 Å².